The summed E-state index contributed by atoms with van der Waals surface area (Å²) in [6, 6.07) is 9.09. The first-order chi connectivity index (χ1) is 3.80. The molecule has 0 amide bonds. The summed E-state index contributed by atoms with van der Waals surface area (Å²) in [7, 11) is 0. The van der Waals surface area contributed by atoms with Gasteiger partial charge >= 0.3 is 0 Å². The summed E-state index contributed by atoms with van der Waals surface area (Å²) in [6.07, 6.45) is 0. The lowest BCUT2D eigenvalue weighted by atomic mass is 10.2. The van der Waals surface area contributed by atoms with Gasteiger partial charge in [-0.15, -0.1) is 0 Å². The third-order valence-electron chi connectivity index (χ3n) is 0.999. The van der Waals surface area contributed by atoms with Crippen LogP contribution < -0.4 is 0 Å². The van der Waals surface area contributed by atoms with Gasteiger partial charge in [-0.05, 0) is 41.1 Å². The SMILES string of the molecule is Cc1ccc[c]c1I. The molecule has 0 aliphatic rings. The Morgan fingerprint density at radius 2 is 2.38 bits per heavy atom. The second-order valence-corrected chi connectivity index (χ2v) is 2.75. The highest BCUT2D eigenvalue weighted by Crippen LogP contribution is 2.07. The lowest BCUT2D eigenvalue weighted by Crippen LogP contribution is -1.74. The van der Waals surface area contributed by atoms with Gasteiger partial charge in [0.2, 0.25) is 0 Å². The molecule has 0 saturated carbocycles. The minimum Gasteiger partial charge on any atom is -0.0613 e. The van der Waals surface area contributed by atoms with Crippen LogP contribution >= 0.6 is 22.6 Å². The van der Waals surface area contributed by atoms with Crippen molar-refractivity contribution in [3.8, 4) is 0 Å². The van der Waals surface area contributed by atoms with Crippen molar-refractivity contribution >= 4 is 22.6 Å². The molecule has 0 fully saturated rings. The summed E-state index contributed by atoms with van der Waals surface area (Å²) in [6.45, 7) is 2.08. The van der Waals surface area contributed by atoms with E-state index in [1.807, 2.05) is 12.1 Å². The number of aryl methyl sites for hydroxylation is 1. The molecule has 1 aromatic carbocycles. The fraction of sp³-hybridized carbons (Fsp3) is 0.143. The maximum atomic E-state index is 3.09. The molecule has 0 spiro atoms. The van der Waals surface area contributed by atoms with E-state index in [1.54, 1.807) is 0 Å². The summed E-state index contributed by atoms with van der Waals surface area (Å²) >= 11 is 2.27. The van der Waals surface area contributed by atoms with Crippen molar-refractivity contribution in [2.75, 3.05) is 0 Å². The summed E-state index contributed by atoms with van der Waals surface area (Å²) in [4.78, 5) is 0. The first-order valence-electron chi connectivity index (χ1n) is 2.43. The Bertz CT molecular complexity index is 160. The molecule has 0 heterocycles. The molecule has 41 valence electrons. The van der Waals surface area contributed by atoms with Crippen LogP contribution in [-0.4, -0.2) is 0 Å². The summed E-state index contributed by atoms with van der Waals surface area (Å²) in [5, 5.41) is 0. The van der Waals surface area contributed by atoms with Gasteiger partial charge in [0.15, 0.2) is 0 Å². The average molecular weight is 217 g/mol. The molecule has 1 rings (SSSR count). The van der Waals surface area contributed by atoms with E-state index in [-0.39, 0.29) is 0 Å². The molecule has 0 aliphatic heterocycles. The van der Waals surface area contributed by atoms with Gasteiger partial charge < -0.3 is 0 Å². The van der Waals surface area contributed by atoms with E-state index in [9.17, 15) is 0 Å². The minimum absolute atomic E-state index is 1.21. The number of benzene rings is 1. The molecule has 8 heavy (non-hydrogen) atoms. The molecule has 0 N–H and O–H groups in total. The zero-order valence-electron chi connectivity index (χ0n) is 4.61. The second-order valence-electron chi connectivity index (χ2n) is 1.67. The van der Waals surface area contributed by atoms with Crippen molar-refractivity contribution in [2.45, 2.75) is 6.92 Å². The van der Waals surface area contributed by atoms with Gasteiger partial charge in [-0.2, -0.15) is 0 Å². The molecule has 0 atom stereocenters. The Hall–Kier alpha value is -0.0500. The van der Waals surface area contributed by atoms with E-state index in [1.165, 1.54) is 9.13 Å². The van der Waals surface area contributed by atoms with Crippen LogP contribution in [0.1, 0.15) is 5.56 Å². The molecule has 0 aromatic heterocycles. The highest BCUT2D eigenvalue weighted by molar-refractivity contribution is 14.1. The van der Waals surface area contributed by atoms with E-state index in [0.717, 1.165) is 0 Å². The van der Waals surface area contributed by atoms with Gasteiger partial charge in [-0.1, -0.05) is 18.2 Å². The standard InChI is InChI=1S/C7H6I/c1-6-4-2-3-5-7(6)8/h2-4H,1H3. The third-order valence-corrected chi connectivity index (χ3v) is 2.16. The van der Waals surface area contributed by atoms with Crippen molar-refractivity contribution in [3.63, 3.8) is 0 Å². The Morgan fingerprint density at radius 1 is 1.62 bits per heavy atom. The molecule has 0 saturated heterocycles. The van der Waals surface area contributed by atoms with Crippen LogP contribution in [0, 0.1) is 16.6 Å². The summed E-state index contributed by atoms with van der Waals surface area (Å²) < 4.78 is 1.21. The average Bonchev–Trinajstić information content (AvgIpc) is 1.77. The van der Waals surface area contributed by atoms with E-state index >= 15 is 0 Å². The third kappa shape index (κ3) is 1.22. The van der Waals surface area contributed by atoms with Crippen LogP contribution in [0.2, 0.25) is 0 Å². The van der Waals surface area contributed by atoms with Crippen molar-refractivity contribution in [2.24, 2.45) is 0 Å². The number of rotatable bonds is 0. The summed E-state index contributed by atoms with van der Waals surface area (Å²) in [5.74, 6) is 0. The molecule has 0 unspecified atom stereocenters. The largest absolute Gasteiger partial charge is 0.0613 e. The molecular formula is C7H6I. The fourth-order valence-corrected chi connectivity index (χ4v) is 0.860. The molecular weight excluding hydrogens is 211 g/mol. The van der Waals surface area contributed by atoms with Gasteiger partial charge in [-0.3, -0.25) is 0 Å². The topological polar surface area (TPSA) is 0 Å². The molecule has 0 bridgehead atoms. The smallest absolute Gasteiger partial charge is 0.0238 e. The van der Waals surface area contributed by atoms with E-state index in [0.29, 0.717) is 0 Å². The van der Waals surface area contributed by atoms with Gasteiger partial charge in [0, 0.05) is 3.57 Å². The van der Waals surface area contributed by atoms with E-state index < -0.39 is 0 Å². The predicted octanol–water partition coefficient (Wildman–Crippen LogP) is 2.40. The van der Waals surface area contributed by atoms with Crippen LogP contribution in [0.5, 0.6) is 0 Å². The molecule has 1 aromatic rings. The minimum atomic E-state index is 1.21. The Balaban J connectivity index is 3.13. The monoisotopic (exact) mass is 217 g/mol. The van der Waals surface area contributed by atoms with Crippen LogP contribution in [0.25, 0.3) is 0 Å². The fourth-order valence-electron chi connectivity index (χ4n) is 0.501. The lowest BCUT2D eigenvalue weighted by molar-refractivity contribution is 1.42. The number of halogens is 1. The molecule has 0 aliphatic carbocycles. The first-order valence-corrected chi connectivity index (χ1v) is 3.51. The summed E-state index contributed by atoms with van der Waals surface area (Å²) in [5.41, 5.74) is 1.30. The van der Waals surface area contributed by atoms with Crippen LogP contribution in [0.3, 0.4) is 0 Å². The predicted molar refractivity (Wildman–Crippen MR) is 42.7 cm³/mol. The van der Waals surface area contributed by atoms with E-state index in [2.05, 4.69) is 41.6 Å². The normalized spacial score (nSPS) is 9.25. The first kappa shape index (κ1) is 6.08. The number of hydrogen-bond acceptors (Lipinski definition) is 0. The maximum absolute atomic E-state index is 3.09. The Morgan fingerprint density at radius 3 is 2.75 bits per heavy atom. The lowest BCUT2D eigenvalue weighted by Gasteiger charge is -1.90. The Labute approximate surface area is 63.1 Å². The van der Waals surface area contributed by atoms with E-state index in [4.69, 9.17) is 0 Å². The second kappa shape index (κ2) is 2.49. The van der Waals surface area contributed by atoms with Gasteiger partial charge in [0.05, 0.1) is 0 Å². The van der Waals surface area contributed by atoms with Crippen molar-refractivity contribution in [3.05, 3.63) is 33.4 Å². The highest BCUT2D eigenvalue weighted by atomic mass is 127. The zero-order chi connectivity index (χ0) is 5.98. The maximum Gasteiger partial charge on any atom is 0.0238 e. The molecule has 1 radical (unpaired) electrons. The molecule has 1 heteroatoms. The van der Waals surface area contributed by atoms with Crippen LogP contribution in [-0.2, 0) is 0 Å². The van der Waals surface area contributed by atoms with Crippen molar-refractivity contribution < 1.29 is 0 Å². The van der Waals surface area contributed by atoms with Crippen molar-refractivity contribution in [1.82, 2.24) is 0 Å². The Kier molecular flexibility index (Phi) is 1.89. The number of hydrogen-bond donors (Lipinski definition) is 0. The van der Waals surface area contributed by atoms with Crippen molar-refractivity contribution in [1.29, 1.82) is 0 Å². The quantitative estimate of drug-likeness (QED) is 0.585. The van der Waals surface area contributed by atoms with Gasteiger partial charge in [0.1, 0.15) is 0 Å². The molecule has 0 nitrogen and oxygen atoms in total. The van der Waals surface area contributed by atoms with Gasteiger partial charge in [-0.25, -0.2) is 0 Å². The van der Waals surface area contributed by atoms with Crippen LogP contribution in [0.15, 0.2) is 18.2 Å². The highest BCUT2D eigenvalue weighted by Gasteiger charge is 1.86. The van der Waals surface area contributed by atoms with Crippen LogP contribution in [0.4, 0.5) is 0 Å². The zero-order valence-corrected chi connectivity index (χ0v) is 6.77. The van der Waals surface area contributed by atoms with Gasteiger partial charge in [0.25, 0.3) is 0 Å².